The summed E-state index contributed by atoms with van der Waals surface area (Å²) < 4.78 is 5.15. The van der Waals surface area contributed by atoms with E-state index in [-0.39, 0.29) is 12.1 Å². The third kappa shape index (κ3) is 4.01. The second-order valence-corrected chi connectivity index (χ2v) is 5.15. The lowest BCUT2D eigenvalue weighted by Crippen LogP contribution is -2.32. The van der Waals surface area contributed by atoms with Gasteiger partial charge in [-0.15, -0.1) is 0 Å². The van der Waals surface area contributed by atoms with Crippen LogP contribution in [0.1, 0.15) is 30.5 Å². The van der Waals surface area contributed by atoms with Gasteiger partial charge in [0.15, 0.2) is 0 Å². The molecule has 116 valence electrons. The van der Waals surface area contributed by atoms with Gasteiger partial charge in [0, 0.05) is 11.8 Å². The van der Waals surface area contributed by atoms with Crippen LogP contribution in [0.3, 0.4) is 0 Å². The van der Waals surface area contributed by atoms with Crippen LogP contribution >= 0.6 is 0 Å². The Bertz CT molecular complexity index is 640. The van der Waals surface area contributed by atoms with Gasteiger partial charge in [-0.05, 0) is 36.6 Å². The summed E-state index contributed by atoms with van der Waals surface area (Å²) in [5.41, 5.74) is 3.03. The Kier molecular flexibility index (Phi) is 5.42. The highest BCUT2D eigenvalue weighted by Gasteiger charge is 2.14. The number of urea groups is 1. The molecule has 0 saturated carbocycles. The first-order valence-electron chi connectivity index (χ1n) is 7.41. The number of ether oxygens (including phenoxy) is 1. The van der Waals surface area contributed by atoms with Gasteiger partial charge in [0.1, 0.15) is 5.75 Å². The molecule has 0 fully saturated rings. The Morgan fingerprint density at radius 2 is 1.95 bits per heavy atom. The van der Waals surface area contributed by atoms with Crippen LogP contribution in [0, 0.1) is 6.92 Å². The van der Waals surface area contributed by atoms with E-state index in [0.717, 1.165) is 12.0 Å². The fourth-order valence-electron chi connectivity index (χ4n) is 2.40. The molecule has 0 aliphatic carbocycles. The first kappa shape index (κ1) is 15.9. The number of rotatable bonds is 5. The van der Waals surface area contributed by atoms with Crippen LogP contribution < -0.4 is 15.4 Å². The quantitative estimate of drug-likeness (QED) is 0.865. The molecule has 2 aromatic rings. The van der Waals surface area contributed by atoms with Crippen molar-refractivity contribution >= 4 is 11.7 Å². The van der Waals surface area contributed by atoms with Crippen molar-refractivity contribution in [3.63, 3.8) is 0 Å². The summed E-state index contributed by atoms with van der Waals surface area (Å²) >= 11 is 0. The zero-order valence-electron chi connectivity index (χ0n) is 13.2. The third-order valence-electron chi connectivity index (χ3n) is 3.61. The second-order valence-electron chi connectivity index (χ2n) is 5.15. The number of carbonyl (C=O) groups is 1. The van der Waals surface area contributed by atoms with Gasteiger partial charge in [-0.1, -0.05) is 37.3 Å². The molecular formula is C18H22N2O2. The minimum absolute atomic E-state index is 0.00759. The highest BCUT2D eigenvalue weighted by Crippen LogP contribution is 2.21. The molecule has 2 rings (SSSR count). The number of hydrogen-bond acceptors (Lipinski definition) is 2. The van der Waals surface area contributed by atoms with Gasteiger partial charge in [0.25, 0.3) is 0 Å². The maximum absolute atomic E-state index is 12.2. The van der Waals surface area contributed by atoms with E-state index < -0.39 is 0 Å². The van der Waals surface area contributed by atoms with Crippen LogP contribution in [0.5, 0.6) is 5.75 Å². The molecule has 4 nitrogen and oxygen atoms in total. The molecule has 0 heterocycles. The zero-order valence-corrected chi connectivity index (χ0v) is 13.2. The van der Waals surface area contributed by atoms with Gasteiger partial charge < -0.3 is 15.4 Å². The number of hydrogen-bond donors (Lipinski definition) is 2. The van der Waals surface area contributed by atoms with Crippen LogP contribution in [0.15, 0.2) is 48.5 Å². The summed E-state index contributed by atoms with van der Waals surface area (Å²) in [6.07, 6.45) is 0.830. The minimum Gasteiger partial charge on any atom is -0.497 e. The highest BCUT2D eigenvalue weighted by atomic mass is 16.5. The van der Waals surface area contributed by atoms with Gasteiger partial charge >= 0.3 is 6.03 Å². The molecule has 2 N–H and O–H groups in total. The smallest absolute Gasteiger partial charge is 0.319 e. The number of anilines is 1. The number of nitrogens with one attached hydrogen (secondary N) is 2. The number of amides is 2. The van der Waals surface area contributed by atoms with Crippen LogP contribution in [-0.2, 0) is 0 Å². The van der Waals surface area contributed by atoms with Gasteiger partial charge in [0.2, 0.25) is 0 Å². The average molecular weight is 298 g/mol. The standard InChI is InChI=1S/C18H22N2O2/c1-4-17(16-11-6-5-8-13(16)2)20-18(21)19-14-9-7-10-15(12-14)22-3/h5-12,17H,4H2,1-3H3,(H2,19,20,21)/t17-/m1/s1. The average Bonchev–Trinajstić information content (AvgIpc) is 2.53. The van der Waals surface area contributed by atoms with Crippen LogP contribution in [-0.4, -0.2) is 13.1 Å². The van der Waals surface area contributed by atoms with Gasteiger partial charge in [-0.25, -0.2) is 4.79 Å². The number of benzene rings is 2. The fourth-order valence-corrected chi connectivity index (χ4v) is 2.40. The predicted octanol–water partition coefficient (Wildman–Crippen LogP) is 4.28. The molecule has 0 bridgehead atoms. The molecular weight excluding hydrogens is 276 g/mol. The summed E-state index contributed by atoms with van der Waals surface area (Å²) in [5.74, 6) is 0.712. The molecule has 2 aromatic carbocycles. The molecule has 0 saturated heterocycles. The van der Waals surface area contributed by atoms with E-state index >= 15 is 0 Å². The zero-order chi connectivity index (χ0) is 15.9. The third-order valence-corrected chi connectivity index (χ3v) is 3.61. The highest BCUT2D eigenvalue weighted by molar-refractivity contribution is 5.89. The van der Waals surface area contributed by atoms with E-state index in [1.165, 1.54) is 5.56 Å². The van der Waals surface area contributed by atoms with Crippen molar-refractivity contribution in [2.75, 3.05) is 12.4 Å². The molecule has 0 aromatic heterocycles. The SMILES string of the molecule is CC[C@@H](NC(=O)Nc1cccc(OC)c1)c1ccccc1C. The van der Waals surface area contributed by atoms with E-state index in [4.69, 9.17) is 4.74 Å². The molecule has 0 radical (unpaired) electrons. The normalized spacial score (nSPS) is 11.6. The van der Waals surface area contributed by atoms with Crippen molar-refractivity contribution in [2.24, 2.45) is 0 Å². The maximum atomic E-state index is 12.2. The number of aryl methyl sites for hydroxylation is 1. The van der Waals surface area contributed by atoms with Crippen LogP contribution in [0.25, 0.3) is 0 Å². The summed E-state index contributed by atoms with van der Waals surface area (Å²) in [7, 11) is 1.60. The molecule has 22 heavy (non-hydrogen) atoms. The molecule has 0 unspecified atom stereocenters. The van der Waals surface area contributed by atoms with E-state index in [0.29, 0.717) is 11.4 Å². The van der Waals surface area contributed by atoms with Crippen molar-refractivity contribution < 1.29 is 9.53 Å². The van der Waals surface area contributed by atoms with Crippen molar-refractivity contribution in [1.29, 1.82) is 0 Å². The molecule has 0 spiro atoms. The second kappa shape index (κ2) is 7.50. The van der Waals surface area contributed by atoms with Gasteiger partial charge in [0.05, 0.1) is 13.2 Å². The monoisotopic (exact) mass is 298 g/mol. The van der Waals surface area contributed by atoms with Crippen molar-refractivity contribution in [2.45, 2.75) is 26.3 Å². The first-order valence-corrected chi connectivity index (χ1v) is 7.41. The minimum atomic E-state index is -0.219. The fraction of sp³-hybridized carbons (Fsp3) is 0.278. The largest absolute Gasteiger partial charge is 0.497 e. The van der Waals surface area contributed by atoms with E-state index in [1.54, 1.807) is 13.2 Å². The topological polar surface area (TPSA) is 50.4 Å². The molecule has 1 atom stereocenters. The van der Waals surface area contributed by atoms with Crippen molar-refractivity contribution in [3.05, 3.63) is 59.7 Å². The summed E-state index contributed by atoms with van der Waals surface area (Å²) in [4.78, 5) is 12.2. The number of methoxy groups -OCH3 is 1. The molecule has 2 amide bonds. The first-order chi connectivity index (χ1) is 10.6. The van der Waals surface area contributed by atoms with Crippen LogP contribution in [0.2, 0.25) is 0 Å². The predicted molar refractivity (Wildman–Crippen MR) is 89.4 cm³/mol. The lowest BCUT2D eigenvalue weighted by molar-refractivity contribution is 0.248. The lowest BCUT2D eigenvalue weighted by atomic mass is 9.99. The Labute approximate surface area is 131 Å². The van der Waals surface area contributed by atoms with Gasteiger partial charge in [-0.2, -0.15) is 0 Å². The molecule has 4 heteroatoms. The van der Waals surface area contributed by atoms with E-state index in [1.807, 2.05) is 30.3 Å². The summed E-state index contributed by atoms with van der Waals surface area (Å²) in [6.45, 7) is 4.11. The van der Waals surface area contributed by atoms with E-state index in [2.05, 4.69) is 36.6 Å². The lowest BCUT2D eigenvalue weighted by Gasteiger charge is -2.20. The Morgan fingerprint density at radius 3 is 2.64 bits per heavy atom. The Balaban J connectivity index is 2.05. The maximum Gasteiger partial charge on any atom is 0.319 e. The molecule has 0 aliphatic heterocycles. The number of carbonyl (C=O) groups excluding carboxylic acids is 1. The summed E-state index contributed by atoms with van der Waals surface area (Å²) in [5, 5.41) is 5.86. The van der Waals surface area contributed by atoms with Crippen molar-refractivity contribution in [3.8, 4) is 5.75 Å². The Morgan fingerprint density at radius 1 is 1.18 bits per heavy atom. The Hall–Kier alpha value is -2.49. The van der Waals surface area contributed by atoms with Gasteiger partial charge in [-0.3, -0.25) is 0 Å². The summed E-state index contributed by atoms with van der Waals surface area (Å²) in [6, 6.07) is 15.2. The van der Waals surface area contributed by atoms with E-state index in [9.17, 15) is 4.79 Å². The molecule has 0 aliphatic rings. The van der Waals surface area contributed by atoms with Crippen molar-refractivity contribution in [1.82, 2.24) is 5.32 Å². The van der Waals surface area contributed by atoms with Crippen LogP contribution in [0.4, 0.5) is 10.5 Å².